The Morgan fingerprint density at radius 3 is 2.78 bits per heavy atom. The molecule has 0 radical (unpaired) electrons. The summed E-state index contributed by atoms with van der Waals surface area (Å²) in [5, 5.41) is 0. The SMILES string of the molecule is CCc1ncc(CN2CCCC2c2nc3c([nH]2)CCCC3)cn1. The number of H-pyrrole nitrogens is 1. The van der Waals surface area contributed by atoms with Gasteiger partial charge in [-0.1, -0.05) is 6.92 Å². The van der Waals surface area contributed by atoms with Crippen LogP contribution in [0.3, 0.4) is 0 Å². The second-order valence-corrected chi connectivity index (χ2v) is 6.74. The highest BCUT2D eigenvalue weighted by Gasteiger charge is 2.29. The van der Waals surface area contributed by atoms with Gasteiger partial charge in [-0.25, -0.2) is 15.0 Å². The Bertz CT molecular complexity index is 637. The first-order valence-corrected chi connectivity index (χ1v) is 8.95. The number of aryl methyl sites for hydroxylation is 3. The Morgan fingerprint density at radius 2 is 2.00 bits per heavy atom. The summed E-state index contributed by atoms with van der Waals surface area (Å²) in [6.07, 6.45) is 12.2. The van der Waals surface area contributed by atoms with Gasteiger partial charge in [0.1, 0.15) is 11.6 Å². The van der Waals surface area contributed by atoms with Crippen molar-refractivity contribution in [2.45, 2.75) is 64.5 Å². The number of fused-ring (bicyclic) bond motifs is 1. The third-order valence-electron chi connectivity index (χ3n) is 5.11. The van der Waals surface area contributed by atoms with E-state index in [-0.39, 0.29) is 0 Å². The van der Waals surface area contributed by atoms with E-state index in [1.165, 1.54) is 54.9 Å². The summed E-state index contributed by atoms with van der Waals surface area (Å²) in [4.78, 5) is 19.9. The summed E-state index contributed by atoms with van der Waals surface area (Å²) < 4.78 is 0. The maximum atomic E-state index is 4.92. The highest BCUT2D eigenvalue weighted by atomic mass is 15.2. The van der Waals surface area contributed by atoms with Crippen LogP contribution < -0.4 is 0 Å². The fraction of sp³-hybridized carbons (Fsp3) is 0.611. The predicted octanol–water partition coefficient (Wildman–Crippen LogP) is 2.98. The quantitative estimate of drug-likeness (QED) is 0.943. The van der Waals surface area contributed by atoms with Crippen molar-refractivity contribution in [2.75, 3.05) is 6.54 Å². The summed E-state index contributed by atoms with van der Waals surface area (Å²) in [6.45, 7) is 4.13. The molecule has 5 heteroatoms. The van der Waals surface area contributed by atoms with Crippen LogP contribution in [0.2, 0.25) is 0 Å². The summed E-state index contributed by atoms with van der Waals surface area (Å²) in [6, 6.07) is 0.423. The van der Waals surface area contributed by atoms with Crippen molar-refractivity contribution >= 4 is 0 Å². The molecule has 2 aromatic rings. The van der Waals surface area contributed by atoms with Gasteiger partial charge >= 0.3 is 0 Å². The van der Waals surface area contributed by atoms with Crippen molar-refractivity contribution in [3.05, 3.63) is 41.0 Å². The molecule has 0 amide bonds. The van der Waals surface area contributed by atoms with E-state index in [0.717, 1.165) is 31.8 Å². The van der Waals surface area contributed by atoms with Crippen LogP contribution in [0.25, 0.3) is 0 Å². The normalized spacial score (nSPS) is 21.5. The molecule has 2 aromatic heterocycles. The minimum absolute atomic E-state index is 0.423. The molecule has 1 aliphatic heterocycles. The average molecular weight is 311 g/mol. The third kappa shape index (κ3) is 3.02. The smallest absolute Gasteiger partial charge is 0.127 e. The molecule has 1 unspecified atom stereocenters. The van der Waals surface area contributed by atoms with E-state index in [2.05, 4.69) is 26.8 Å². The molecule has 4 rings (SSSR count). The number of hydrogen-bond donors (Lipinski definition) is 1. The number of imidazole rings is 1. The van der Waals surface area contributed by atoms with Crippen LogP contribution in [0.5, 0.6) is 0 Å². The van der Waals surface area contributed by atoms with E-state index in [1.807, 2.05) is 12.4 Å². The van der Waals surface area contributed by atoms with Gasteiger partial charge in [-0.3, -0.25) is 4.90 Å². The van der Waals surface area contributed by atoms with Gasteiger partial charge in [0, 0.05) is 36.6 Å². The Labute approximate surface area is 137 Å². The van der Waals surface area contributed by atoms with Crippen LogP contribution in [0.15, 0.2) is 12.4 Å². The molecule has 1 aliphatic carbocycles. The van der Waals surface area contributed by atoms with Crippen molar-refractivity contribution in [2.24, 2.45) is 0 Å². The first kappa shape index (κ1) is 14.8. The summed E-state index contributed by atoms with van der Waals surface area (Å²) in [5.41, 5.74) is 3.90. The summed E-state index contributed by atoms with van der Waals surface area (Å²) in [7, 11) is 0. The molecule has 1 atom stereocenters. The van der Waals surface area contributed by atoms with E-state index >= 15 is 0 Å². The van der Waals surface area contributed by atoms with Gasteiger partial charge in [0.05, 0.1) is 11.7 Å². The van der Waals surface area contributed by atoms with Crippen LogP contribution in [0.4, 0.5) is 0 Å². The minimum Gasteiger partial charge on any atom is -0.344 e. The number of likely N-dealkylation sites (tertiary alicyclic amines) is 1. The van der Waals surface area contributed by atoms with Gasteiger partial charge < -0.3 is 4.98 Å². The zero-order valence-electron chi connectivity index (χ0n) is 13.9. The molecule has 23 heavy (non-hydrogen) atoms. The lowest BCUT2D eigenvalue weighted by Gasteiger charge is -2.22. The molecule has 2 aliphatic rings. The number of hydrogen-bond acceptors (Lipinski definition) is 4. The van der Waals surface area contributed by atoms with E-state index in [4.69, 9.17) is 4.98 Å². The molecule has 122 valence electrons. The number of rotatable bonds is 4. The van der Waals surface area contributed by atoms with Crippen LogP contribution in [0, 0.1) is 0 Å². The lowest BCUT2D eigenvalue weighted by atomic mass is 10.0. The van der Waals surface area contributed by atoms with E-state index in [0.29, 0.717) is 6.04 Å². The second kappa shape index (κ2) is 6.40. The molecule has 0 spiro atoms. The zero-order chi connectivity index (χ0) is 15.6. The summed E-state index contributed by atoms with van der Waals surface area (Å²) >= 11 is 0. The Morgan fingerprint density at radius 1 is 1.17 bits per heavy atom. The fourth-order valence-corrected chi connectivity index (χ4v) is 3.84. The Kier molecular flexibility index (Phi) is 4.12. The average Bonchev–Trinajstić information content (AvgIpc) is 3.21. The maximum Gasteiger partial charge on any atom is 0.127 e. The van der Waals surface area contributed by atoms with Crippen LogP contribution >= 0.6 is 0 Å². The molecule has 1 N–H and O–H groups in total. The summed E-state index contributed by atoms with van der Waals surface area (Å²) in [5.74, 6) is 2.10. The molecule has 5 nitrogen and oxygen atoms in total. The van der Waals surface area contributed by atoms with E-state index in [9.17, 15) is 0 Å². The topological polar surface area (TPSA) is 57.7 Å². The molecular formula is C18H25N5. The first-order chi connectivity index (χ1) is 11.3. The number of nitrogens with one attached hydrogen (secondary N) is 1. The van der Waals surface area contributed by atoms with Gasteiger partial charge in [0.25, 0.3) is 0 Å². The van der Waals surface area contributed by atoms with Crippen molar-refractivity contribution in [1.29, 1.82) is 0 Å². The first-order valence-electron chi connectivity index (χ1n) is 8.95. The number of aromatic nitrogens is 4. The highest BCUT2D eigenvalue weighted by molar-refractivity contribution is 5.20. The third-order valence-corrected chi connectivity index (χ3v) is 5.11. The lowest BCUT2D eigenvalue weighted by molar-refractivity contribution is 0.240. The van der Waals surface area contributed by atoms with Crippen LogP contribution in [-0.4, -0.2) is 31.4 Å². The minimum atomic E-state index is 0.423. The Hall–Kier alpha value is -1.75. The number of aromatic amines is 1. The van der Waals surface area contributed by atoms with Crippen LogP contribution in [-0.2, 0) is 25.8 Å². The molecule has 0 bridgehead atoms. The van der Waals surface area contributed by atoms with Crippen molar-refractivity contribution in [3.8, 4) is 0 Å². The molecule has 1 saturated heterocycles. The maximum absolute atomic E-state index is 4.92. The Balaban J connectivity index is 1.50. The van der Waals surface area contributed by atoms with Gasteiger partial charge in [-0.2, -0.15) is 0 Å². The second-order valence-electron chi connectivity index (χ2n) is 6.74. The van der Waals surface area contributed by atoms with E-state index < -0.39 is 0 Å². The lowest BCUT2D eigenvalue weighted by Crippen LogP contribution is -2.24. The standard InChI is InChI=1S/C18H25N5/c1-2-17-19-10-13(11-20-17)12-23-9-5-8-16(23)18-21-14-6-3-4-7-15(14)22-18/h10-11,16H,2-9,12H2,1H3,(H,21,22). The molecule has 0 saturated carbocycles. The molecule has 3 heterocycles. The zero-order valence-corrected chi connectivity index (χ0v) is 13.9. The van der Waals surface area contributed by atoms with E-state index in [1.54, 1.807) is 0 Å². The van der Waals surface area contributed by atoms with Crippen molar-refractivity contribution in [3.63, 3.8) is 0 Å². The largest absolute Gasteiger partial charge is 0.344 e. The van der Waals surface area contributed by atoms with Gasteiger partial charge in [-0.05, 0) is 45.1 Å². The van der Waals surface area contributed by atoms with Gasteiger partial charge in [-0.15, -0.1) is 0 Å². The van der Waals surface area contributed by atoms with Crippen molar-refractivity contribution < 1.29 is 0 Å². The van der Waals surface area contributed by atoms with Gasteiger partial charge in [0.2, 0.25) is 0 Å². The molecule has 1 fully saturated rings. The van der Waals surface area contributed by atoms with Crippen LogP contribution in [0.1, 0.15) is 67.2 Å². The molecular weight excluding hydrogens is 286 g/mol. The monoisotopic (exact) mass is 311 g/mol. The fourth-order valence-electron chi connectivity index (χ4n) is 3.84. The van der Waals surface area contributed by atoms with Crippen molar-refractivity contribution in [1.82, 2.24) is 24.8 Å². The predicted molar refractivity (Wildman–Crippen MR) is 89.0 cm³/mol. The molecule has 0 aromatic carbocycles. The van der Waals surface area contributed by atoms with Gasteiger partial charge in [0.15, 0.2) is 0 Å². The number of nitrogens with zero attached hydrogens (tertiary/aromatic N) is 4. The highest BCUT2D eigenvalue weighted by Crippen LogP contribution is 2.33.